The molecule has 1 aromatic heterocycles. The average Bonchev–Trinajstić information content (AvgIpc) is 2.46. The first-order valence-electron chi connectivity index (χ1n) is 6.53. The molecule has 0 aliphatic heterocycles. The zero-order valence-electron chi connectivity index (χ0n) is 12.2. The van der Waals surface area contributed by atoms with Crippen LogP contribution in [0.3, 0.4) is 0 Å². The predicted octanol–water partition coefficient (Wildman–Crippen LogP) is 2.86. The van der Waals surface area contributed by atoms with Crippen LogP contribution in [0.25, 0.3) is 16.7 Å². The molecule has 0 aliphatic carbocycles. The summed E-state index contributed by atoms with van der Waals surface area (Å²) in [4.78, 5) is 8.25. The van der Waals surface area contributed by atoms with E-state index in [2.05, 4.69) is 9.98 Å². The molecule has 0 unspecified atom stereocenters. The number of nitrogen functional groups attached to an aromatic ring is 2. The lowest BCUT2D eigenvalue weighted by atomic mass is 9.98. The fourth-order valence-corrected chi connectivity index (χ4v) is 2.19. The molecule has 5 nitrogen and oxygen atoms in total. The number of rotatable bonds is 3. The SMILES string of the molecule is C.CN=C/C(=C\N)c1cnc(N)c(-c2ccc(N)cc2C)c1. The highest BCUT2D eigenvalue weighted by molar-refractivity contribution is 6.10. The Morgan fingerprint density at radius 1 is 1.18 bits per heavy atom. The van der Waals surface area contributed by atoms with Gasteiger partial charge in [-0.1, -0.05) is 13.5 Å². The Kier molecular flexibility index (Phi) is 5.69. The number of benzene rings is 1. The number of aryl methyl sites for hydroxylation is 1. The largest absolute Gasteiger partial charge is 0.404 e. The lowest BCUT2D eigenvalue weighted by Gasteiger charge is -2.11. The molecule has 0 atom stereocenters. The molecule has 0 radical (unpaired) electrons. The van der Waals surface area contributed by atoms with Crippen LogP contribution < -0.4 is 17.2 Å². The second-order valence-corrected chi connectivity index (χ2v) is 4.74. The number of nitrogens with two attached hydrogens (primary N) is 3. The molecule has 0 spiro atoms. The summed E-state index contributed by atoms with van der Waals surface area (Å²) in [7, 11) is 1.69. The molecule has 2 rings (SSSR count). The van der Waals surface area contributed by atoms with Gasteiger partial charge in [0, 0.05) is 48.0 Å². The van der Waals surface area contributed by atoms with Crippen molar-refractivity contribution in [3.05, 3.63) is 47.8 Å². The Morgan fingerprint density at radius 3 is 2.50 bits per heavy atom. The molecule has 0 saturated heterocycles. The maximum absolute atomic E-state index is 6.02. The van der Waals surface area contributed by atoms with Crippen LogP contribution in [-0.4, -0.2) is 18.2 Å². The lowest BCUT2D eigenvalue weighted by molar-refractivity contribution is 1.31. The van der Waals surface area contributed by atoms with E-state index in [1.54, 1.807) is 19.5 Å². The first kappa shape index (κ1) is 17.2. The Bertz CT molecular complexity index is 717. The number of hydrogen-bond acceptors (Lipinski definition) is 5. The summed E-state index contributed by atoms with van der Waals surface area (Å²) in [5.41, 5.74) is 22.7. The molecule has 116 valence electrons. The highest BCUT2D eigenvalue weighted by Gasteiger charge is 2.10. The number of aliphatic imine (C=N–C) groups is 1. The van der Waals surface area contributed by atoms with E-state index in [9.17, 15) is 0 Å². The van der Waals surface area contributed by atoms with Crippen LogP contribution in [0.15, 0.2) is 41.7 Å². The number of allylic oxidation sites excluding steroid dienone is 1. The minimum atomic E-state index is 0. The van der Waals surface area contributed by atoms with Crippen LogP contribution in [0, 0.1) is 6.92 Å². The number of anilines is 2. The molecule has 22 heavy (non-hydrogen) atoms. The highest BCUT2D eigenvalue weighted by Crippen LogP contribution is 2.30. The first-order chi connectivity index (χ1) is 10.1. The van der Waals surface area contributed by atoms with Gasteiger partial charge in [0.1, 0.15) is 5.82 Å². The standard InChI is InChI=1S/C16H19N5.CH4/c1-10-5-13(18)3-4-14(10)15-6-11(9-21-16(15)19)12(7-17)8-20-2;/h3-9H,17-18H2,1-2H3,(H2,19,21);1H4/b12-7+,20-8?;. The molecule has 2 aromatic rings. The fourth-order valence-electron chi connectivity index (χ4n) is 2.19. The van der Waals surface area contributed by atoms with Crippen molar-refractivity contribution in [1.29, 1.82) is 0 Å². The van der Waals surface area contributed by atoms with E-state index in [-0.39, 0.29) is 7.43 Å². The first-order valence-corrected chi connectivity index (χ1v) is 6.53. The monoisotopic (exact) mass is 297 g/mol. The molecule has 1 aromatic carbocycles. The number of hydrogen-bond donors (Lipinski definition) is 3. The van der Waals surface area contributed by atoms with Crippen molar-refractivity contribution in [1.82, 2.24) is 4.98 Å². The molecule has 0 aliphatic rings. The Labute approximate surface area is 131 Å². The second kappa shape index (κ2) is 7.26. The highest BCUT2D eigenvalue weighted by atomic mass is 14.8. The molecule has 6 N–H and O–H groups in total. The van der Waals surface area contributed by atoms with Gasteiger partial charge >= 0.3 is 0 Å². The number of pyridine rings is 1. The summed E-state index contributed by atoms with van der Waals surface area (Å²) in [5.74, 6) is 0.469. The van der Waals surface area contributed by atoms with Crippen molar-refractivity contribution in [2.45, 2.75) is 14.4 Å². The average molecular weight is 297 g/mol. The summed E-state index contributed by atoms with van der Waals surface area (Å²) in [5, 5.41) is 0. The Balaban J connectivity index is 0.00000242. The quantitative estimate of drug-likeness (QED) is 0.598. The molecule has 0 amide bonds. The molecular weight excluding hydrogens is 274 g/mol. The number of nitrogens with zero attached hydrogens (tertiary/aromatic N) is 2. The maximum atomic E-state index is 6.02. The van der Waals surface area contributed by atoms with E-state index in [0.717, 1.165) is 33.5 Å². The van der Waals surface area contributed by atoms with E-state index in [0.29, 0.717) is 5.82 Å². The van der Waals surface area contributed by atoms with Crippen LogP contribution in [0.4, 0.5) is 11.5 Å². The van der Waals surface area contributed by atoms with Gasteiger partial charge in [-0.05, 0) is 36.2 Å². The lowest BCUT2D eigenvalue weighted by Crippen LogP contribution is -1.99. The van der Waals surface area contributed by atoms with Crippen molar-refractivity contribution in [3.63, 3.8) is 0 Å². The minimum Gasteiger partial charge on any atom is -0.404 e. The van der Waals surface area contributed by atoms with E-state index in [1.165, 1.54) is 6.20 Å². The minimum absolute atomic E-state index is 0. The summed E-state index contributed by atoms with van der Waals surface area (Å²) >= 11 is 0. The van der Waals surface area contributed by atoms with Gasteiger partial charge in [-0.2, -0.15) is 0 Å². The molecular formula is C17H23N5. The van der Waals surface area contributed by atoms with E-state index in [4.69, 9.17) is 17.2 Å². The van der Waals surface area contributed by atoms with Crippen molar-refractivity contribution in [2.75, 3.05) is 18.5 Å². The summed E-state index contributed by atoms with van der Waals surface area (Å²) < 4.78 is 0. The van der Waals surface area contributed by atoms with E-state index >= 15 is 0 Å². The van der Waals surface area contributed by atoms with Crippen LogP contribution >= 0.6 is 0 Å². The molecule has 0 fully saturated rings. The van der Waals surface area contributed by atoms with Crippen LogP contribution in [0.5, 0.6) is 0 Å². The van der Waals surface area contributed by atoms with Gasteiger partial charge < -0.3 is 17.2 Å². The van der Waals surface area contributed by atoms with Gasteiger partial charge in [-0.3, -0.25) is 4.99 Å². The van der Waals surface area contributed by atoms with Crippen LogP contribution in [0.1, 0.15) is 18.6 Å². The number of aromatic nitrogens is 1. The predicted molar refractivity (Wildman–Crippen MR) is 96.5 cm³/mol. The maximum Gasteiger partial charge on any atom is 0.131 e. The smallest absolute Gasteiger partial charge is 0.131 e. The van der Waals surface area contributed by atoms with Gasteiger partial charge in [0.2, 0.25) is 0 Å². The van der Waals surface area contributed by atoms with Crippen LogP contribution in [0.2, 0.25) is 0 Å². The molecule has 1 heterocycles. The van der Waals surface area contributed by atoms with Gasteiger partial charge in [-0.15, -0.1) is 0 Å². The van der Waals surface area contributed by atoms with Crippen molar-refractivity contribution in [3.8, 4) is 11.1 Å². The summed E-state index contributed by atoms with van der Waals surface area (Å²) in [6.45, 7) is 1.99. The topological polar surface area (TPSA) is 103 Å². The van der Waals surface area contributed by atoms with Crippen molar-refractivity contribution < 1.29 is 0 Å². The third-order valence-corrected chi connectivity index (χ3v) is 3.24. The normalized spacial score (nSPS) is 11.5. The van der Waals surface area contributed by atoms with Gasteiger partial charge in [0.15, 0.2) is 0 Å². The Morgan fingerprint density at radius 2 is 1.91 bits per heavy atom. The second-order valence-electron chi connectivity index (χ2n) is 4.74. The van der Waals surface area contributed by atoms with Gasteiger partial charge in [0.25, 0.3) is 0 Å². The summed E-state index contributed by atoms with van der Waals surface area (Å²) in [6, 6.07) is 7.67. The third kappa shape index (κ3) is 3.44. The van der Waals surface area contributed by atoms with Crippen LogP contribution in [-0.2, 0) is 0 Å². The van der Waals surface area contributed by atoms with E-state index < -0.39 is 0 Å². The molecule has 5 heteroatoms. The molecule has 0 saturated carbocycles. The zero-order chi connectivity index (χ0) is 15.4. The summed E-state index contributed by atoms with van der Waals surface area (Å²) in [6.07, 6.45) is 4.87. The molecule has 0 bridgehead atoms. The van der Waals surface area contributed by atoms with E-state index in [1.807, 2.05) is 31.2 Å². The zero-order valence-corrected chi connectivity index (χ0v) is 12.2. The Hall–Kier alpha value is -2.82. The van der Waals surface area contributed by atoms with Gasteiger partial charge in [0.05, 0.1) is 0 Å². The van der Waals surface area contributed by atoms with Crippen molar-refractivity contribution in [2.24, 2.45) is 10.7 Å². The van der Waals surface area contributed by atoms with Crippen molar-refractivity contribution >= 4 is 23.3 Å². The fraction of sp³-hybridized carbons (Fsp3) is 0.176. The third-order valence-electron chi connectivity index (χ3n) is 3.24. The van der Waals surface area contributed by atoms with Gasteiger partial charge in [-0.25, -0.2) is 4.98 Å².